The summed E-state index contributed by atoms with van der Waals surface area (Å²) in [6, 6.07) is 0. The lowest BCUT2D eigenvalue weighted by Gasteiger charge is -2.24. The minimum Gasteiger partial charge on any atom is -0.376 e. The highest BCUT2D eigenvalue weighted by atomic mass is 32.1. The molecule has 1 aliphatic rings. The maximum absolute atomic E-state index is 11.7. The first kappa shape index (κ1) is 18.0. The fourth-order valence-electron chi connectivity index (χ4n) is 2.17. The number of hydrogen-bond donors (Lipinski definition) is 2. The van der Waals surface area contributed by atoms with Gasteiger partial charge in [0.25, 0.3) is 0 Å². The first-order valence-electron chi connectivity index (χ1n) is 7.20. The van der Waals surface area contributed by atoms with Crippen LogP contribution in [0, 0.1) is 0 Å². The van der Waals surface area contributed by atoms with Crippen molar-refractivity contribution in [3.05, 3.63) is 0 Å². The Morgan fingerprint density at radius 1 is 1.48 bits per heavy atom. The molecule has 6 nitrogen and oxygen atoms in total. The molecular weight excluding hydrogens is 292 g/mol. The van der Waals surface area contributed by atoms with Gasteiger partial charge >= 0.3 is 0 Å². The third-order valence-electron chi connectivity index (χ3n) is 3.37. The second kappa shape index (κ2) is 7.79. The van der Waals surface area contributed by atoms with E-state index >= 15 is 0 Å². The topological polar surface area (TPSA) is 75.7 Å². The molecule has 0 aromatic rings. The Bertz CT molecular complexity index is 412. The van der Waals surface area contributed by atoms with Crippen LogP contribution < -0.4 is 5.32 Å². The second-order valence-corrected chi connectivity index (χ2v) is 6.27. The first-order valence-corrected chi connectivity index (χ1v) is 7.71. The lowest BCUT2D eigenvalue weighted by Crippen LogP contribution is -2.39. The number of carbonyl (C=O) groups excluding carboxylic acids is 3. The van der Waals surface area contributed by atoms with E-state index in [9.17, 15) is 14.4 Å². The zero-order chi connectivity index (χ0) is 16.0. The molecule has 0 spiro atoms. The highest BCUT2D eigenvalue weighted by Gasteiger charge is 2.35. The Hall–Kier alpha value is -1.08. The lowest BCUT2D eigenvalue weighted by atomic mass is 10.0. The van der Waals surface area contributed by atoms with Gasteiger partial charge in [-0.2, -0.15) is 12.6 Å². The summed E-state index contributed by atoms with van der Waals surface area (Å²) in [6.07, 6.45) is 1.11. The van der Waals surface area contributed by atoms with Crippen molar-refractivity contribution >= 4 is 30.4 Å². The van der Waals surface area contributed by atoms with Crippen LogP contribution in [0.1, 0.15) is 40.0 Å². The van der Waals surface area contributed by atoms with Crippen molar-refractivity contribution in [3.8, 4) is 0 Å². The SMILES string of the molecule is CCOC(C)(C)CCC(=O)NCCN1C(=O)CC(S)C1=O. The molecule has 1 heterocycles. The molecule has 1 unspecified atom stereocenters. The molecule has 1 N–H and O–H groups in total. The molecular formula is C14H24N2O4S. The summed E-state index contributed by atoms with van der Waals surface area (Å²) in [6.45, 7) is 6.89. The van der Waals surface area contributed by atoms with E-state index in [1.54, 1.807) is 0 Å². The van der Waals surface area contributed by atoms with E-state index in [1.165, 1.54) is 0 Å². The number of hydrogen-bond acceptors (Lipinski definition) is 5. The number of nitrogens with one attached hydrogen (secondary N) is 1. The minimum absolute atomic E-state index is 0.107. The molecule has 1 saturated heterocycles. The monoisotopic (exact) mass is 316 g/mol. The molecule has 0 aliphatic carbocycles. The Morgan fingerprint density at radius 3 is 2.67 bits per heavy atom. The summed E-state index contributed by atoms with van der Waals surface area (Å²) in [4.78, 5) is 36.0. The van der Waals surface area contributed by atoms with Crippen molar-refractivity contribution in [1.29, 1.82) is 0 Å². The quantitative estimate of drug-likeness (QED) is 0.512. The molecule has 0 radical (unpaired) electrons. The van der Waals surface area contributed by atoms with Crippen LogP contribution in [0.5, 0.6) is 0 Å². The summed E-state index contributed by atoms with van der Waals surface area (Å²) in [5.74, 6) is -0.619. The van der Waals surface area contributed by atoms with E-state index in [4.69, 9.17) is 4.74 Å². The van der Waals surface area contributed by atoms with Crippen molar-refractivity contribution in [3.63, 3.8) is 0 Å². The van der Waals surface area contributed by atoms with E-state index < -0.39 is 5.25 Å². The number of carbonyl (C=O) groups is 3. The van der Waals surface area contributed by atoms with Crippen LogP contribution in [-0.4, -0.2) is 53.2 Å². The Kier molecular flexibility index (Phi) is 6.67. The van der Waals surface area contributed by atoms with Crippen molar-refractivity contribution in [2.24, 2.45) is 0 Å². The lowest BCUT2D eigenvalue weighted by molar-refractivity contribution is -0.138. The van der Waals surface area contributed by atoms with Crippen molar-refractivity contribution in [1.82, 2.24) is 10.2 Å². The maximum atomic E-state index is 11.7. The van der Waals surface area contributed by atoms with Crippen LogP contribution in [0.2, 0.25) is 0 Å². The normalized spacial score (nSPS) is 19.2. The van der Waals surface area contributed by atoms with Gasteiger partial charge in [-0.3, -0.25) is 19.3 Å². The van der Waals surface area contributed by atoms with E-state index in [0.29, 0.717) is 19.4 Å². The van der Waals surface area contributed by atoms with Crippen LogP contribution >= 0.6 is 12.6 Å². The largest absolute Gasteiger partial charge is 0.376 e. The minimum atomic E-state index is -0.541. The van der Waals surface area contributed by atoms with Crippen molar-refractivity contribution in [2.45, 2.75) is 50.9 Å². The predicted molar refractivity (Wildman–Crippen MR) is 82.1 cm³/mol. The molecule has 0 aromatic carbocycles. The molecule has 120 valence electrons. The van der Waals surface area contributed by atoms with Gasteiger partial charge in [0.1, 0.15) is 0 Å². The molecule has 1 atom stereocenters. The fraction of sp³-hybridized carbons (Fsp3) is 0.786. The Balaban J connectivity index is 2.25. The average Bonchev–Trinajstić information content (AvgIpc) is 2.63. The summed E-state index contributed by atoms with van der Waals surface area (Å²) in [7, 11) is 0. The van der Waals surface area contributed by atoms with Crippen LogP contribution in [0.25, 0.3) is 0 Å². The molecule has 0 aromatic heterocycles. The molecule has 0 bridgehead atoms. The van der Waals surface area contributed by atoms with Gasteiger partial charge in [-0.15, -0.1) is 0 Å². The number of ether oxygens (including phenoxy) is 1. The maximum Gasteiger partial charge on any atom is 0.242 e. The summed E-state index contributed by atoms with van der Waals surface area (Å²) < 4.78 is 5.52. The van der Waals surface area contributed by atoms with Gasteiger partial charge in [-0.25, -0.2) is 0 Å². The van der Waals surface area contributed by atoms with E-state index in [-0.39, 0.29) is 42.8 Å². The van der Waals surface area contributed by atoms with Gasteiger partial charge in [0.05, 0.1) is 10.9 Å². The average molecular weight is 316 g/mol. The molecule has 21 heavy (non-hydrogen) atoms. The van der Waals surface area contributed by atoms with E-state index in [0.717, 1.165) is 4.90 Å². The van der Waals surface area contributed by atoms with Crippen LogP contribution in [0.4, 0.5) is 0 Å². The van der Waals surface area contributed by atoms with Crippen molar-refractivity contribution in [2.75, 3.05) is 19.7 Å². The molecule has 1 aliphatic heterocycles. The number of thiol groups is 1. The van der Waals surface area contributed by atoms with Crippen LogP contribution in [-0.2, 0) is 19.1 Å². The number of imide groups is 1. The van der Waals surface area contributed by atoms with Crippen LogP contribution in [0.3, 0.4) is 0 Å². The standard InChI is InChI=1S/C14H24N2O4S/c1-4-20-14(2,3)6-5-11(17)15-7-8-16-12(18)9-10(21)13(16)19/h10,21H,4-9H2,1-3H3,(H,15,17). The van der Waals surface area contributed by atoms with Crippen molar-refractivity contribution < 1.29 is 19.1 Å². The summed E-state index contributed by atoms with van der Waals surface area (Å²) in [5, 5.41) is 2.17. The van der Waals surface area contributed by atoms with Gasteiger partial charge in [0, 0.05) is 32.5 Å². The van der Waals surface area contributed by atoms with Gasteiger partial charge < -0.3 is 10.1 Å². The van der Waals surface area contributed by atoms with Gasteiger partial charge in [0.2, 0.25) is 17.7 Å². The number of nitrogens with zero attached hydrogens (tertiary/aromatic N) is 1. The summed E-state index contributed by atoms with van der Waals surface area (Å²) in [5.41, 5.74) is -0.327. The molecule has 1 fully saturated rings. The zero-order valence-electron chi connectivity index (χ0n) is 12.8. The molecule has 1 rings (SSSR count). The fourth-order valence-corrected chi connectivity index (χ4v) is 2.47. The van der Waals surface area contributed by atoms with Gasteiger partial charge in [0.15, 0.2) is 0 Å². The smallest absolute Gasteiger partial charge is 0.242 e. The number of rotatable bonds is 8. The molecule has 7 heteroatoms. The Morgan fingerprint density at radius 2 is 2.14 bits per heavy atom. The zero-order valence-corrected chi connectivity index (χ0v) is 13.7. The Labute approximate surface area is 131 Å². The van der Waals surface area contributed by atoms with E-state index in [2.05, 4.69) is 17.9 Å². The summed E-state index contributed by atoms with van der Waals surface area (Å²) >= 11 is 4.04. The van der Waals surface area contributed by atoms with Gasteiger partial charge in [-0.1, -0.05) is 0 Å². The molecule has 0 saturated carbocycles. The number of likely N-dealkylation sites (tertiary alicyclic amines) is 1. The third kappa shape index (κ3) is 5.67. The highest BCUT2D eigenvalue weighted by Crippen LogP contribution is 2.17. The van der Waals surface area contributed by atoms with E-state index in [1.807, 2.05) is 20.8 Å². The predicted octanol–water partition coefficient (Wildman–Crippen LogP) is 0.755. The van der Waals surface area contributed by atoms with Crippen LogP contribution in [0.15, 0.2) is 0 Å². The molecule has 3 amide bonds. The number of amides is 3. The third-order valence-corrected chi connectivity index (χ3v) is 3.77. The van der Waals surface area contributed by atoms with Gasteiger partial charge in [-0.05, 0) is 27.2 Å². The first-order chi connectivity index (χ1) is 9.76. The highest BCUT2D eigenvalue weighted by molar-refractivity contribution is 7.81. The second-order valence-electron chi connectivity index (χ2n) is 5.65.